The molecule has 14 heteroatoms. The molecular formula is C35H48N6O8. The molecule has 0 aliphatic carbocycles. The number of nitrogens with zero attached hydrogens (tertiary/aromatic N) is 2. The normalized spacial score (nSPS) is 30.6. The molecular weight excluding hydrogens is 632 g/mol. The number of hydrogen-bond donors (Lipinski definition) is 5. The van der Waals surface area contributed by atoms with Crippen LogP contribution in [0.5, 0.6) is 0 Å². The molecule has 4 fully saturated rings. The maximum Gasteiger partial charge on any atom is 0.252 e. The fourth-order valence-electron chi connectivity index (χ4n) is 7.51. The third-order valence-corrected chi connectivity index (χ3v) is 10.0. The van der Waals surface area contributed by atoms with Crippen LogP contribution in [-0.2, 0) is 39.9 Å². The summed E-state index contributed by atoms with van der Waals surface area (Å²) >= 11 is 0. The Kier molecular flexibility index (Phi) is 10.8. The van der Waals surface area contributed by atoms with E-state index >= 15 is 0 Å². The van der Waals surface area contributed by atoms with Crippen molar-refractivity contribution in [2.24, 2.45) is 5.92 Å². The number of carbonyl (C=O) groups excluding carboxylic acids is 5. The molecule has 2 bridgehead atoms. The largest absolute Gasteiger partial charge is 0.388 e. The lowest BCUT2D eigenvalue weighted by Crippen LogP contribution is -2.60. The summed E-state index contributed by atoms with van der Waals surface area (Å²) in [5, 5.41) is 21.0. The molecule has 4 aliphatic rings. The van der Waals surface area contributed by atoms with E-state index in [-0.39, 0.29) is 25.5 Å². The minimum atomic E-state index is -1.19. The van der Waals surface area contributed by atoms with E-state index < -0.39 is 78.6 Å². The van der Waals surface area contributed by atoms with Crippen LogP contribution in [0.2, 0.25) is 0 Å². The van der Waals surface area contributed by atoms with Gasteiger partial charge >= 0.3 is 0 Å². The molecule has 49 heavy (non-hydrogen) atoms. The van der Waals surface area contributed by atoms with E-state index in [4.69, 9.17) is 9.47 Å². The average molecular weight is 681 g/mol. The highest BCUT2D eigenvalue weighted by Gasteiger charge is 2.42. The number of aromatic amines is 1. The monoisotopic (exact) mass is 680 g/mol. The van der Waals surface area contributed by atoms with Gasteiger partial charge in [0.15, 0.2) is 0 Å². The van der Waals surface area contributed by atoms with Gasteiger partial charge in [0.2, 0.25) is 23.6 Å². The third-order valence-electron chi connectivity index (χ3n) is 10.0. The van der Waals surface area contributed by atoms with Gasteiger partial charge in [0, 0.05) is 43.3 Å². The Morgan fingerprint density at radius 3 is 2.55 bits per heavy atom. The van der Waals surface area contributed by atoms with Crippen molar-refractivity contribution in [2.75, 3.05) is 32.8 Å². The van der Waals surface area contributed by atoms with Gasteiger partial charge in [0.1, 0.15) is 36.4 Å². The number of para-hydroxylation sites is 1. The number of amides is 5. The first-order valence-corrected chi connectivity index (χ1v) is 17.5. The fourth-order valence-corrected chi connectivity index (χ4v) is 7.51. The van der Waals surface area contributed by atoms with Crippen LogP contribution in [0, 0.1) is 5.92 Å². The van der Waals surface area contributed by atoms with Gasteiger partial charge in [-0.05, 0) is 56.1 Å². The number of benzene rings is 1. The summed E-state index contributed by atoms with van der Waals surface area (Å²) in [6.07, 6.45) is 1.99. The zero-order valence-corrected chi connectivity index (χ0v) is 28.2. The first-order valence-electron chi connectivity index (χ1n) is 17.5. The standard InChI is InChI=1S/C35H48N6O8/c1-20(2)15-25-32(44)38-24-11-14-49-29(31(24)43)18-40(35(47)28-10-6-13-48-28)19-30(42)37-26(16-21-17-36-23-8-4-3-7-22(21)23)34(46)41-12-5-9-27(41)33(45)39-25/h3-4,7-8,17,20,24-29,31,36,43H,5-6,9-16,18-19H2,1-2H3,(H,37,42)(H,38,44)(H,39,45)/t24-,25+,26+,27+,28+,29+,31-/m0/s1. The molecule has 0 radical (unpaired) electrons. The van der Waals surface area contributed by atoms with Crippen LogP contribution < -0.4 is 16.0 Å². The van der Waals surface area contributed by atoms with E-state index in [1.54, 1.807) is 6.20 Å². The van der Waals surface area contributed by atoms with Crippen molar-refractivity contribution in [3.05, 3.63) is 36.0 Å². The predicted octanol–water partition coefficient (Wildman–Crippen LogP) is 0.373. The molecule has 5 N–H and O–H groups in total. The average Bonchev–Trinajstić information content (AvgIpc) is 3.86. The molecule has 5 heterocycles. The first-order chi connectivity index (χ1) is 23.6. The number of hydrogen-bond acceptors (Lipinski definition) is 8. The molecule has 0 unspecified atom stereocenters. The number of rotatable bonds is 5. The van der Waals surface area contributed by atoms with Gasteiger partial charge in [0.05, 0.1) is 19.1 Å². The molecule has 4 saturated heterocycles. The van der Waals surface area contributed by atoms with Gasteiger partial charge in [-0.3, -0.25) is 24.0 Å². The topological polar surface area (TPSA) is 182 Å². The lowest BCUT2D eigenvalue weighted by atomic mass is 9.97. The zero-order valence-electron chi connectivity index (χ0n) is 28.2. The smallest absolute Gasteiger partial charge is 0.252 e. The fraction of sp³-hybridized carbons (Fsp3) is 0.629. The Balaban J connectivity index is 1.35. The summed E-state index contributed by atoms with van der Waals surface area (Å²) < 4.78 is 11.6. The second-order valence-electron chi connectivity index (χ2n) is 14.1. The summed E-state index contributed by atoms with van der Waals surface area (Å²) in [5.41, 5.74) is 1.69. The van der Waals surface area contributed by atoms with Crippen molar-refractivity contribution < 1.29 is 38.6 Å². The van der Waals surface area contributed by atoms with E-state index in [1.807, 2.05) is 38.1 Å². The summed E-state index contributed by atoms with van der Waals surface area (Å²) in [6.45, 7) is 4.32. The Morgan fingerprint density at radius 1 is 0.959 bits per heavy atom. The zero-order chi connectivity index (χ0) is 34.7. The number of nitrogens with one attached hydrogen (secondary N) is 4. The molecule has 266 valence electrons. The molecule has 4 aliphatic heterocycles. The van der Waals surface area contributed by atoms with Crippen LogP contribution in [0.1, 0.15) is 57.9 Å². The lowest BCUT2D eigenvalue weighted by molar-refractivity contribution is -0.152. The first kappa shape index (κ1) is 34.8. The maximum atomic E-state index is 14.4. The van der Waals surface area contributed by atoms with Gasteiger partial charge in [0.25, 0.3) is 5.91 Å². The van der Waals surface area contributed by atoms with E-state index in [1.165, 1.54) is 9.80 Å². The second kappa shape index (κ2) is 15.3. The molecule has 2 aromatic rings. The van der Waals surface area contributed by atoms with E-state index in [0.29, 0.717) is 51.7 Å². The van der Waals surface area contributed by atoms with Crippen LogP contribution in [-0.4, -0.2) is 125 Å². The number of fused-ring (bicyclic) bond motifs is 4. The van der Waals surface area contributed by atoms with Gasteiger partial charge < -0.3 is 45.3 Å². The molecule has 0 saturated carbocycles. The minimum Gasteiger partial charge on any atom is -0.388 e. The molecule has 0 spiro atoms. The quantitative estimate of drug-likeness (QED) is 0.300. The summed E-state index contributed by atoms with van der Waals surface area (Å²) in [5.74, 6) is -2.20. The van der Waals surface area contributed by atoms with Crippen molar-refractivity contribution in [3.63, 3.8) is 0 Å². The number of aromatic nitrogens is 1. The Morgan fingerprint density at radius 2 is 1.78 bits per heavy atom. The maximum absolute atomic E-state index is 14.4. The van der Waals surface area contributed by atoms with Crippen LogP contribution in [0.25, 0.3) is 10.9 Å². The number of aliphatic hydroxyl groups excluding tert-OH is 1. The van der Waals surface area contributed by atoms with Crippen LogP contribution >= 0.6 is 0 Å². The summed E-state index contributed by atoms with van der Waals surface area (Å²) in [4.78, 5) is 75.4. The molecule has 1 aromatic carbocycles. The highest BCUT2D eigenvalue weighted by molar-refractivity contribution is 5.96. The second-order valence-corrected chi connectivity index (χ2v) is 14.1. The van der Waals surface area contributed by atoms with Crippen molar-refractivity contribution in [2.45, 2.75) is 101 Å². The highest BCUT2D eigenvalue weighted by atomic mass is 16.5. The van der Waals surface area contributed by atoms with Crippen molar-refractivity contribution in [1.82, 2.24) is 30.7 Å². The molecule has 5 amide bonds. The Hall–Kier alpha value is -4.01. The SMILES string of the molecule is CC(C)C[C@H]1NC(=O)[C@H]2CCCN2C(=O)[C@@H](Cc2c[nH]c3ccccc23)NC(=O)CN(C(=O)[C@H]2CCCO2)C[C@H]2OCC[C@H](NC1=O)[C@@H]2O. The van der Waals surface area contributed by atoms with Gasteiger partial charge in [-0.2, -0.15) is 0 Å². The van der Waals surface area contributed by atoms with E-state index in [0.717, 1.165) is 16.5 Å². The number of aliphatic hydroxyl groups is 1. The van der Waals surface area contributed by atoms with Gasteiger partial charge in [-0.1, -0.05) is 32.0 Å². The highest BCUT2D eigenvalue weighted by Crippen LogP contribution is 2.25. The number of ether oxygens (including phenoxy) is 2. The van der Waals surface area contributed by atoms with Crippen LogP contribution in [0.3, 0.4) is 0 Å². The number of H-pyrrole nitrogens is 1. The Bertz CT molecular complexity index is 1540. The molecule has 7 atom stereocenters. The molecule has 6 rings (SSSR count). The molecule has 14 nitrogen and oxygen atoms in total. The Labute approximate surface area is 285 Å². The van der Waals surface area contributed by atoms with Crippen LogP contribution in [0.15, 0.2) is 30.5 Å². The van der Waals surface area contributed by atoms with Gasteiger partial charge in [-0.25, -0.2) is 0 Å². The number of carbonyl (C=O) groups is 5. The molecule has 1 aromatic heterocycles. The third kappa shape index (κ3) is 7.92. The summed E-state index contributed by atoms with van der Waals surface area (Å²) in [7, 11) is 0. The van der Waals surface area contributed by atoms with Crippen molar-refractivity contribution >= 4 is 40.4 Å². The van der Waals surface area contributed by atoms with Gasteiger partial charge in [-0.15, -0.1) is 0 Å². The van der Waals surface area contributed by atoms with Crippen molar-refractivity contribution in [3.8, 4) is 0 Å². The van der Waals surface area contributed by atoms with E-state index in [9.17, 15) is 29.1 Å². The summed E-state index contributed by atoms with van der Waals surface area (Å²) in [6, 6.07) is 4.18. The van der Waals surface area contributed by atoms with Crippen LogP contribution in [0.4, 0.5) is 0 Å². The predicted molar refractivity (Wildman–Crippen MR) is 178 cm³/mol. The van der Waals surface area contributed by atoms with E-state index in [2.05, 4.69) is 20.9 Å². The lowest BCUT2D eigenvalue weighted by Gasteiger charge is -2.38. The van der Waals surface area contributed by atoms with Crippen molar-refractivity contribution in [1.29, 1.82) is 0 Å². The minimum absolute atomic E-state index is 0.0620.